The Morgan fingerprint density at radius 2 is 1.92 bits per heavy atom. The molecule has 37 heavy (non-hydrogen) atoms. The number of aryl methyl sites for hydroxylation is 2. The van der Waals surface area contributed by atoms with Gasteiger partial charge >= 0.3 is 0 Å². The van der Waals surface area contributed by atoms with Crippen LogP contribution in [0.4, 0.5) is 4.39 Å². The third-order valence-corrected chi connectivity index (χ3v) is 9.77. The number of rotatable bonds is 6. The maximum atomic E-state index is 13.5. The summed E-state index contributed by atoms with van der Waals surface area (Å²) in [6.45, 7) is 2.84. The van der Waals surface area contributed by atoms with E-state index in [9.17, 15) is 12.8 Å². The van der Waals surface area contributed by atoms with Gasteiger partial charge in [-0.25, -0.2) is 17.5 Å². The van der Waals surface area contributed by atoms with Gasteiger partial charge in [-0.3, -0.25) is 9.67 Å². The van der Waals surface area contributed by atoms with E-state index in [0.717, 1.165) is 32.6 Å². The van der Waals surface area contributed by atoms with Crippen LogP contribution in [-0.2, 0) is 28.9 Å². The molecule has 0 N–H and O–H groups in total. The Bertz CT molecular complexity index is 1690. The van der Waals surface area contributed by atoms with Gasteiger partial charge in [-0.15, -0.1) is 11.3 Å². The van der Waals surface area contributed by atoms with Gasteiger partial charge in [-0.1, -0.05) is 0 Å². The van der Waals surface area contributed by atoms with Crippen molar-refractivity contribution in [3.63, 3.8) is 0 Å². The molecule has 5 aromatic rings. The summed E-state index contributed by atoms with van der Waals surface area (Å²) in [4.78, 5) is 5.58. The van der Waals surface area contributed by atoms with Crippen molar-refractivity contribution in [2.75, 3.05) is 13.1 Å². The molecule has 4 heterocycles. The number of fused-ring (bicyclic) bond motifs is 1. The highest BCUT2D eigenvalue weighted by Gasteiger charge is 2.45. The summed E-state index contributed by atoms with van der Waals surface area (Å²) >= 11 is 1.58. The zero-order chi connectivity index (χ0) is 25.8. The second-order valence-corrected chi connectivity index (χ2v) is 12.5. The van der Waals surface area contributed by atoms with Crippen LogP contribution in [0.3, 0.4) is 0 Å². The van der Waals surface area contributed by atoms with Gasteiger partial charge < -0.3 is 0 Å². The van der Waals surface area contributed by atoms with E-state index < -0.39 is 15.4 Å². The van der Waals surface area contributed by atoms with Crippen molar-refractivity contribution in [3.8, 4) is 5.69 Å². The molecule has 0 saturated carbocycles. The minimum atomic E-state index is -3.68. The number of nitrogens with zero attached hydrogens (tertiary/aromatic N) is 6. The molecule has 1 aliphatic rings. The topological polar surface area (TPSA) is 85.9 Å². The van der Waals surface area contributed by atoms with Crippen molar-refractivity contribution in [3.05, 3.63) is 88.5 Å². The predicted molar refractivity (Wildman–Crippen MR) is 140 cm³/mol. The van der Waals surface area contributed by atoms with Crippen LogP contribution >= 0.6 is 11.3 Å². The maximum absolute atomic E-state index is 13.5. The van der Waals surface area contributed by atoms with Crippen LogP contribution in [0.25, 0.3) is 16.6 Å². The number of hydrogen-bond donors (Lipinski definition) is 0. The molecular weight excluding hydrogens is 511 g/mol. The van der Waals surface area contributed by atoms with E-state index in [-0.39, 0.29) is 10.7 Å². The Morgan fingerprint density at radius 1 is 1.11 bits per heavy atom. The Morgan fingerprint density at radius 3 is 2.62 bits per heavy atom. The second kappa shape index (κ2) is 8.86. The number of hydrogen-bond acceptors (Lipinski definition) is 6. The minimum absolute atomic E-state index is 0.205. The SMILES string of the molecule is Cc1cc2c(cnn2-c2ccc(F)cc2)cc1C1(Cc2cncs2)CCN(S(=O)(=O)c2cnn(C)c2)C1. The van der Waals surface area contributed by atoms with Gasteiger partial charge in [0.1, 0.15) is 10.7 Å². The Balaban J connectivity index is 1.43. The highest BCUT2D eigenvalue weighted by Crippen LogP contribution is 2.43. The number of thiazole rings is 1. The molecule has 1 aliphatic heterocycles. The predicted octanol–water partition coefficient (Wildman–Crippen LogP) is 4.24. The molecule has 1 saturated heterocycles. The average Bonchev–Trinajstić information content (AvgIpc) is 3.67. The molecule has 0 amide bonds. The van der Waals surface area contributed by atoms with Gasteiger partial charge in [-0.2, -0.15) is 14.5 Å². The summed E-state index contributed by atoms with van der Waals surface area (Å²) in [5, 5.41) is 9.58. The molecule has 11 heteroatoms. The number of aromatic nitrogens is 5. The number of halogens is 1. The van der Waals surface area contributed by atoms with E-state index >= 15 is 0 Å². The molecule has 0 bridgehead atoms. The summed E-state index contributed by atoms with van der Waals surface area (Å²) in [5.41, 5.74) is 5.25. The van der Waals surface area contributed by atoms with E-state index in [1.807, 2.05) is 11.7 Å². The fourth-order valence-electron chi connectivity index (χ4n) is 5.38. The lowest BCUT2D eigenvalue weighted by molar-refractivity contribution is 0.415. The Kier molecular flexibility index (Phi) is 5.74. The van der Waals surface area contributed by atoms with Crippen LogP contribution in [0.15, 0.2) is 71.6 Å². The number of benzene rings is 2. The van der Waals surface area contributed by atoms with Crippen LogP contribution < -0.4 is 0 Å². The molecule has 1 fully saturated rings. The van der Waals surface area contributed by atoms with Gasteiger partial charge in [0, 0.05) is 48.2 Å². The molecule has 1 unspecified atom stereocenters. The highest BCUT2D eigenvalue weighted by atomic mass is 32.2. The van der Waals surface area contributed by atoms with Crippen molar-refractivity contribution >= 4 is 32.3 Å². The first-order valence-electron chi connectivity index (χ1n) is 11.9. The van der Waals surface area contributed by atoms with Crippen LogP contribution in [0, 0.1) is 12.7 Å². The first-order chi connectivity index (χ1) is 17.7. The van der Waals surface area contributed by atoms with E-state index in [0.29, 0.717) is 25.9 Å². The van der Waals surface area contributed by atoms with E-state index in [1.54, 1.807) is 51.9 Å². The zero-order valence-electron chi connectivity index (χ0n) is 20.4. The molecule has 190 valence electrons. The lowest BCUT2D eigenvalue weighted by atomic mass is 9.74. The fraction of sp³-hybridized carbons (Fsp3) is 0.269. The minimum Gasteiger partial charge on any atom is -0.274 e. The first kappa shape index (κ1) is 24.0. The first-order valence-corrected chi connectivity index (χ1v) is 14.2. The molecule has 2 aromatic carbocycles. The van der Waals surface area contributed by atoms with Gasteiger partial charge in [0.15, 0.2) is 0 Å². The summed E-state index contributed by atoms with van der Waals surface area (Å²) in [6.07, 6.45) is 7.99. The summed E-state index contributed by atoms with van der Waals surface area (Å²) in [7, 11) is -1.97. The summed E-state index contributed by atoms with van der Waals surface area (Å²) in [5.74, 6) is -0.296. The molecule has 0 spiro atoms. The van der Waals surface area contributed by atoms with E-state index in [4.69, 9.17) is 0 Å². The van der Waals surface area contributed by atoms with E-state index in [1.165, 1.54) is 23.0 Å². The largest absolute Gasteiger partial charge is 0.274 e. The molecular formula is C26H25FN6O2S2. The fourth-order valence-corrected chi connectivity index (χ4v) is 7.63. The molecule has 0 radical (unpaired) electrons. The maximum Gasteiger partial charge on any atom is 0.246 e. The lowest BCUT2D eigenvalue weighted by Crippen LogP contribution is -2.36. The summed E-state index contributed by atoms with van der Waals surface area (Å²) < 4.78 is 45.3. The van der Waals surface area contributed by atoms with Gasteiger partial charge in [-0.05, 0) is 67.3 Å². The van der Waals surface area contributed by atoms with Crippen molar-refractivity contribution in [1.82, 2.24) is 28.9 Å². The van der Waals surface area contributed by atoms with Crippen LogP contribution in [0.1, 0.15) is 22.4 Å². The summed E-state index contributed by atoms with van der Waals surface area (Å²) in [6, 6.07) is 10.5. The molecule has 6 rings (SSSR count). The molecule has 3 aromatic heterocycles. The van der Waals surface area contributed by atoms with Gasteiger partial charge in [0.2, 0.25) is 10.0 Å². The standard InChI is InChI=1S/C26H25FN6O2S2/c1-18-9-25-19(12-30-33(25)21-5-3-20(27)4-6-21)10-24(18)26(11-22-13-28-17-36-22)7-8-32(16-26)37(34,35)23-14-29-31(2)15-23/h3-6,9-10,12-15,17H,7-8,11,16H2,1-2H3. The molecule has 1 atom stereocenters. The smallest absolute Gasteiger partial charge is 0.246 e. The van der Waals surface area contributed by atoms with Crippen LogP contribution in [0.2, 0.25) is 0 Å². The third-order valence-electron chi connectivity index (χ3n) is 7.19. The Labute approximate surface area is 218 Å². The van der Waals surface area contributed by atoms with Crippen LogP contribution in [-0.4, -0.2) is 50.4 Å². The third kappa shape index (κ3) is 4.16. The van der Waals surface area contributed by atoms with E-state index in [2.05, 4.69) is 34.2 Å². The number of sulfonamides is 1. The lowest BCUT2D eigenvalue weighted by Gasteiger charge is -2.31. The highest BCUT2D eigenvalue weighted by molar-refractivity contribution is 7.89. The monoisotopic (exact) mass is 536 g/mol. The van der Waals surface area contributed by atoms with Crippen molar-refractivity contribution < 1.29 is 12.8 Å². The molecule has 0 aliphatic carbocycles. The average molecular weight is 537 g/mol. The van der Waals surface area contributed by atoms with Gasteiger partial charge in [0.25, 0.3) is 0 Å². The van der Waals surface area contributed by atoms with Crippen molar-refractivity contribution in [2.45, 2.75) is 30.1 Å². The normalized spacial score (nSPS) is 18.7. The second-order valence-electron chi connectivity index (χ2n) is 9.62. The van der Waals surface area contributed by atoms with Crippen molar-refractivity contribution in [1.29, 1.82) is 0 Å². The molecule has 8 nitrogen and oxygen atoms in total. The van der Waals surface area contributed by atoms with Gasteiger partial charge in [0.05, 0.1) is 29.1 Å². The zero-order valence-corrected chi connectivity index (χ0v) is 22.0. The quantitative estimate of drug-likeness (QED) is 0.324. The Hall–Kier alpha value is -3.41. The van der Waals surface area contributed by atoms with Crippen molar-refractivity contribution in [2.24, 2.45) is 7.05 Å². The van der Waals surface area contributed by atoms with Crippen LogP contribution in [0.5, 0.6) is 0 Å².